The number of benzene rings is 2. The van der Waals surface area contributed by atoms with Crippen molar-refractivity contribution >= 4 is 40.6 Å². The van der Waals surface area contributed by atoms with E-state index in [1.165, 1.54) is 16.2 Å². The molecule has 3 nitrogen and oxygen atoms in total. The Labute approximate surface area is 167 Å². The van der Waals surface area contributed by atoms with Crippen LogP contribution in [0.1, 0.15) is 11.3 Å². The van der Waals surface area contributed by atoms with Crippen LogP contribution in [0.4, 0.5) is 0 Å². The fourth-order valence-electron chi connectivity index (χ4n) is 2.53. The molecule has 2 aromatic carbocycles. The first-order valence-corrected chi connectivity index (χ1v) is 10.6. The largest absolute Gasteiger partial charge is 0.341 e. The van der Waals surface area contributed by atoms with Gasteiger partial charge in [0.1, 0.15) is 5.01 Å². The molecule has 1 amide bonds. The molecule has 0 spiro atoms. The third-order valence-corrected chi connectivity index (χ3v) is 5.99. The van der Waals surface area contributed by atoms with Crippen LogP contribution in [-0.2, 0) is 17.8 Å². The quantitative estimate of drug-likeness (QED) is 0.518. The minimum Gasteiger partial charge on any atom is -0.341 e. The van der Waals surface area contributed by atoms with Crippen LogP contribution in [0.25, 0.3) is 10.6 Å². The van der Waals surface area contributed by atoms with Crippen molar-refractivity contribution in [2.24, 2.45) is 0 Å². The molecule has 0 aliphatic carbocycles. The summed E-state index contributed by atoms with van der Waals surface area (Å²) < 4.78 is 0. The van der Waals surface area contributed by atoms with Crippen LogP contribution >= 0.6 is 34.7 Å². The number of thiazole rings is 1. The summed E-state index contributed by atoms with van der Waals surface area (Å²) >= 11 is 9.44. The summed E-state index contributed by atoms with van der Waals surface area (Å²) in [4.78, 5) is 20.0. The second-order valence-corrected chi connectivity index (χ2v) is 8.04. The van der Waals surface area contributed by atoms with Gasteiger partial charge in [0.25, 0.3) is 0 Å². The molecule has 1 aromatic heterocycles. The van der Waals surface area contributed by atoms with Gasteiger partial charge < -0.3 is 4.90 Å². The van der Waals surface area contributed by atoms with Crippen molar-refractivity contribution in [3.05, 3.63) is 70.2 Å². The fraction of sp³-hybridized carbons (Fsp3) is 0.200. The number of likely N-dealkylation sites (N-methyl/N-ethyl adjacent to an activating group) is 1. The molecule has 3 aromatic rings. The van der Waals surface area contributed by atoms with Crippen molar-refractivity contribution in [1.82, 2.24) is 9.88 Å². The first kappa shape index (κ1) is 19.0. The smallest absolute Gasteiger partial charge is 0.228 e. The summed E-state index contributed by atoms with van der Waals surface area (Å²) in [5.41, 5.74) is 2.80. The van der Waals surface area contributed by atoms with E-state index < -0.39 is 0 Å². The molecule has 0 saturated heterocycles. The Hall–Kier alpha value is -1.82. The van der Waals surface area contributed by atoms with E-state index in [1.54, 1.807) is 16.7 Å². The van der Waals surface area contributed by atoms with E-state index in [2.05, 4.69) is 35.5 Å². The maximum absolute atomic E-state index is 12.5. The Balaban J connectivity index is 1.63. The molecule has 0 N–H and O–H groups in total. The molecule has 0 radical (unpaired) electrons. The van der Waals surface area contributed by atoms with Crippen LogP contribution in [0.5, 0.6) is 0 Å². The Kier molecular flexibility index (Phi) is 6.35. The van der Waals surface area contributed by atoms with Crippen LogP contribution in [0.3, 0.4) is 0 Å². The molecule has 0 unspecified atom stereocenters. The summed E-state index contributed by atoms with van der Waals surface area (Å²) in [7, 11) is 1.83. The average Bonchev–Trinajstić information content (AvgIpc) is 3.11. The normalized spacial score (nSPS) is 10.7. The molecule has 0 fully saturated rings. The van der Waals surface area contributed by atoms with Gasteiger partial charge in [-0.2, -0.15) is 0 Å². The highest BCUT2D eigenvalue weighted by atomic mass is 35.5. The van der Waals surface area contributed by atoms with Crippen molar-refractivity contribution in [2.75, 3.05) is 13.3 Å². The van der Waals surface area contributed by atoms with E-state index in [0.717, 1.165) is 21.8 Å². The lowest BCUT2D eigenvalue weighted by atomic mass is 10.2. The van der Waals surface area contributed by atoms with Gasteiger partial charge in [-0.1, -0.05) is 41.9 Å². The number of nitrogens with zero attached hydrogens (tertiary/aromatic N) is 2. The topological polar surface area (TPSA) is 33.2 Å². The maximum Gasteiger partial charge on any atom is 0.228 e. The van der Waals surface area contributed by atoms with Crippen molar-refractivity contribution in [2.45, 2.75) is 17.9 Å². The summed E-state index contributed by atoms with van der Waals surface area (Å²) in [5.74, 6) is 0.0509. The lowest BCUT2D eigenvalue weighted by molar-refractivity contribution is -0.129. The Morgan fingerprint density at radius 2 is 1.92 bits per heavy atom. The number of halogens is 1. The Bertz CT molecular complexity index is 893. The van der Waals surface area contributed by atoms with E-state index in [-0.39, 0.29) is 5.91 Å². The number of amides is 1. The standard InChI is InChI=1S/C20H19ClN2OS2/c1-23(12-14-7-9-16(25-2)10-8-14)19(24)11-15-13-26-20(22-15)17-5-3-4-6-18(17)21/h3-10,13H,11-12H2,1-2H3. The minimum absolute atomic E-state index is 0.0509. The molecule has 6 heteroatoms. The molecular formula is C20H19ClN2OS2. The molecular weight excluding hydrogens is 384 g/mol. The monoisotopic (exact) mass is 402 g/mol. The number of carbonyl (C=O) groups excluding carboxylic acids is 1. The highest BCUT2D eigenvalue weighted by Crippen LogP contribution is 2.30. The lowest BCUT2D eigenvalue weighted by Crippen LogP contribution is -2.27. The molecule has 3 rings (SSSR count). The molecule has 0 aliphatic heterocycles. The second kappa shape index (κ2) is 8.71. The summed E-state index contributed by atoms with van der Waals surface area (Å²) in [6.45, 7) is 0.592. The molecule has 0 aliphatic rings. The van der Waals surface area contributed by atoms with Crippen LogP contribution in [0, 0.1) is 0 Å². The SMILES string of the molecule is CSc1ccc(CN(C)C(=O)Cc2csc(-c3ccccc3Cl)n2)cc1. The zero-order chi connectivity index (χ0) is 18.5. The van der Waals surface area contributed by atoms with Gasteiger partial charge in [0, 0.05) is 29.4 Å². The Morgan fingerprint density at radius 1 is 1.19 bits per heavy atom. The van der Waals surface area contributed by atoms with Crippen LogP contribution in [-0.4, -0.2) is 29.1 Å². The summed E-state index contributed by atoms with van der Waals surface area (Å²) in [5, 5.41) is 3.44. The highest BCUT2D eigenvalue weighted by molar-refractivity contribution is 7.98. The number of rotatable bonds is 6. The van der Waals surface area contributed by atoms with E-state index in [1.807, 2.05) is 36.7 Å². The molecule has 0 saturated carbocycles. The van der Waals surface area contributed by atoms with Gasteiger partial charge in [-0.3, -0.25) is 4.79 Å². The summed E-state index contributed by atoms with van der Waals surface area (Å²) in [6.07, 6.45) is 2.34. The average molecular weight is 403 g/mol. The minimum atomic E-state index is 0.0509. The number of hydrogen-bond acceptors (Lipinski definition) is 4. The number of carbonyl (C=O) groups is 1. The zero-order valence-electron chi connectivity index (χ0n) is 14.6. The van der Waals surface area contributed by atoms with E-state index >= 15 is 0 Å². The molecule has 1 heterocycles. The van der Waals surface area contributed by atoms with Crippen LogP contribution < -0.4 is 0 Å². The summed E-state index contributed by atoms with van der Waals surface area (Å²) in [6, 6.07) is 15.9. The lowest BCUT2D eigenvalue weighted by Gasteiger charge is -2.17. The number of hydrogen-bond donors (Lipinski definition) is 0. The van der Waals surface area contributed by atoms with Gasteiger partial charge in [0.2, 0.25) is 5.91 Å². The second-order valence-electron chi connectivity index (χ2n) is 5.90. The number of aromatic nitrogens is 1. The molecule has 0 atom stereocenters. The van der Waals surface area contributed by atoms with Gasteiger partial charge in [0.05, 0.1) is 17.1 Å². The van der Waals surface area contributed by atoms with E-state index in [0.29, 0.717) is 18.0 Å². The fourth-order valence-corrected chi connectivity index (χ4v) is 4.08. The molecule has 26 heavy (non-hydrogen) atoms. The van der Waals surface area contributed by atoms with Gasteiger partial charge >= 0.3 is 0 Å². The zero-order valence-corrected chi connectivity index (χ0v) is 17.0. The van der Waals surface area contributed by atoms with Crippen LogP contribution in [0.15, 0.2) is 58.8 Å². The molecule has 134 valence electrons. The van der Waals surface area contributed by atoms with Crippen molar-refractivity contribution in [1.29, 1.82) is 0 Å². The number of thioether (sulfide) groups is 1. The third kappa shape index (κ3) is 4.67. The first-order valence-electron chi connectivity index (χ1n) is 8.13. The third-order valence-electron chi connectivity index (χ3n) is 3.99. The van der Waals surface area contributed by atoms with Gasteiger partial charge in [-0.15, -0.1) is 23.1 Å². The maximum atomic E-state index is 12.5. The van der Waals surface area contributed by atoms with Crippen molar-refractivity contribution < 1.29 is 4.79 Å². The van der Waals surface area contributed by atoms with Gasteiger partial charge in [0.15, 0.2) is 0 Å². The van der Waals surface area contributed by atoms with E-state index in [4.69, 9.17) is 11.6 Å². The molecule has 0 bridgehead atoms. The predicted molar refractivity (Wildman–Crippen MR) is 111 cm³/mol. The first-order chi connectivity index (χ1) is 12.6. The highest BCUT2D eigenvalue weighted by Gasteiger charge is 2.14. The Morgan fingerprint density at radius 3 is 2.62 bits per heavy atom. The van der Waals surface area contributed by atoms with Gasteiger partial charge in [-0.25, -0.2) is 4.98 Å². The van der Waals surface area contributed by atoms with Crippen molar-refractivity contribution in [3.63, 3.8) is 0 Å². The predicted octanol–water partition coefficient (Wildman–Crippen LogP) is 5.39. The van der Waals surface area contributed by atoms with E-state index in [9.17, 15) is 4.79 Å². The van der Waals surface area contributed by atoms with Crippen LogP contribution in [0.2, 0.25) is 5.02 Å². The van der Waals surface area contributed by atoms with Crippen molar-refractivity contribution in [3.8, 4) is 10.6 Å². The van der Waals surface area contributed by atoms with Gasteiger partial charge in [-0.05, 0) is 30.0 Å².